The molecular formula is C31H43NO5S. The summed E-state index contributed by atoms with van der Waals surface area (Å²) >= 11 is 0. The lowest BCUT2D eigenvalue weighted by atomic mass is 9.80. The van der Waals surface area contributed by atoms with Gasteiger partial charge in [0.25, 0.3) is 0 Å². The Hall–Kier alpha value is -2.22. The first kappa shape index (κ1) is 28.8. The van der Waals surface area contributed by atoms with E-state index in [4.69, 9.17) is 4.74 Å². The molecule has 7 heteroatoms. The number of sulfonamides is 1. The van der Waals surface area contributed by atoms with Crippen LogP contribution in [0.5, 0.6) is 0 Å². The highest BCUT2D eigenvalue weighted by Crippen LogP contribution is 2.43. The molecule has 2 aromatic carbocycles. The van der Waals surface area contributed by atoms with Crippen LogP contribution in [0.1, 0.15) is 92.4 Å². The van der Waals surface area contributed by atoms with Gasteiger partial charge in [0.1, 0.15) is 0 Å². The maximum atomic E-state index is 13.5. The summed E-state index contributed by atoms with van der Waals surface area (Å²) in [6, 6.07) is 8.08. The number of hydrogen-bond acceptors (Lipinski definition) is 4. The molecule has 1 atom stereocenters. The van der Waals surface area contributed by atoms with Crippen molar-refractivity contribution in [3.63, 3.8) is 0 Å². The second-order valence-electron chi connectivity index (χ2n) is 12.2. The smallest absolute Gasteiger partial charge is 0.337 e. The summed E-state index contributed by atoms with van der Waals surface area (Å²) in [6.45, 7) is 12.3. The summed E-state index contributed by atoms with van der Waals surface area (Å²) in [5.41, 5.74) is 6.77. The minimum atomic E-state index is -3.39. The van der Waals surface area contributed by atoms with Crippen LogP contribution in [-0.4, -0.2) is 41.7 Å². The number of fused-ring (bicyclic) bond motifs is 1. The Balaban J connectivity index is 1.83. The quantitative estimate of drug-likeness (QED) is 0.433. The van der Waals surface area contributed by atoms with Crippen LogP contribution >= 0.6 is 0 Å². The molecule has 208 valence electrons. The summed E-state index contributed by atoms with van der Waals surface area (Å²) in [6.07, 6.45) is 4.85. The fraction of sp³-hybridized carbons (Fsp3) is 0.581. The predicted octanol–water partition coefficient (Wildman–Crippen LogP) is 6.49. The average molecular weight is 542 g/mol. The van der Waals surface area contributed by atoms with Gasteiger partial charge >= 0.3 is 5.97 Å². The number of carbonyl (C=O) groups is 1. The molecule has 38 heavy (non-hydrogen) atoms. The Morgan fingerprint density at radius 2 is 1.66 bits per heavy atom. The van der Waals surface area contributed by atoms with E-state index < -0.39 is 27.7 Å². The minimum Gasteiger partial charge on any atom is -0.479 e. The third-order valence-corrected chi connectivity index (χ3v) is 10.1. The third-order valence-electron chi connectivity index (χ3n) is 8.13. The molecule has 0 unspecified atom stereocenters. The number of carboxylic acids is 1. The van der Waals surface area contributed by atoms with Crippen molar-refractivity contribution in [2.45, 2.75) is 98.3 Å². The molecule has 0 amide bonds. The number of nitrogens with zero attached hydrogens (tertiary/aromatic N) is 1. The van der Waals surface area contributed by atoms with Crippen LogP contribution in [0.15, 0.2) is 24.3 Å². The molecule has 2 aromatic rings. The van der Waals surface area contributed by atoms with Gasteiger partial charge in [0.15, 0.2) is 6.10 Å². The number of rotatable bonds is 7. The van der Waals surface area contributed by atoms with E-state index in [2.05, 4.69) is 0 Å². The van der Waals surface area contributed by atoms with Crippen molar-refractivity contribution in [1.82, 2.24) is 4.31 Å². The Morgan fingerprint density at radius 3 is 2.24 bits per heavy atom. The zero-order chi connectivity index (χ0) is 27.8. The van der Waals surface area contributed by atoms with Crippen LogP contribution in [0.25, 0.3) is 11.1 Å². The van der Waals surface area contributed by atoms with E-state index in [0.29, 0.717) is 25.1 Å². The topological polar surface area (TPSA) is 83.9 Å². The molecule has 1 aliphatic carbocycles. The fourth-order valence-corrected chi connectivity index (χ4v) is 8.04. The highest BCUT2D eigenvalue weighted by Gasteiger charge is 2.37. The molecule has 0 saturated heterocycles. The number of hydrogen-bond donors (Lipinski definition) is 1. The van der Waals surface area contributed by atoms with Crippen molar-refractivity contribution in [3.05, 3.63) is 57.6 Å². The van der Waals surface area contributed by atoms with E-state index in [1.807, 2.05) is 65.8 Å². The van der Waals surface area contributed by atoms with Crippen molar-refractivity contribution in [2.75, 3.05) is 12.3 Å². The predicted molar refractivity (Wildman–Crippen MR) is 152 cm³/mol. The Kier molecular flexibility index (Phi) is 8.41. The molecule has 0 aromatic heterocycles. The van der Waals surface area contributed by atoms with E-state index in [1.165, 1.54) is 6.42 Å². The first-order chi connectivity index (χ1) is 17.8. The van der Waals surface area contributed by atoms with E-state index in [-0.39, 0.29) is 11.7 Å². The standard InChI is InChI=1S/C31H43NO5S/c1-20-12-14-24(15-13-20)27-22(3)26-18-32(38(35,36)19-23-10-8-7-9-11-23)17-16-25(26)21(2)28(27)29(30(33)34)37-31(4,5)6/h12-15,23,29H,7-11,16-19H2,1-6H3,(H,33,34)/t29-/m0/s1. The van der Waals surface area contributed by atoms with Crippen LogP contribution < -0.4 is 0 Å². The van der Waals surface area contributed by atoms with Gasteiger partial charge in [-0.05, 0) is 100 Å². The molecule has 1 heterocycles. The van der Waals surface area contributed by atoms with Gasteiger partial charge in [-0.1, -0.05) is 49.1 Å². The van der Waals surface area contributed by atoms with Gasteiger partial charge in [-0.25, -0.2) is 13.2 Å². The maximum Gasteiger partial charge on any atom is 0.337 e. The fourth-order valence-electron chi connectivity index (χ4n) is 6.20. The third kappa shape index (κ3) is 6.16. The number of benzene rings is 2. The molecule has 6 nitrogen and oxygen atoms in total. The summed E-state index contributed by atoms with van der Waals surface area (Å²) in [7, 11) is -3.39. The number of ether oxygens (including phenoxy) is 1. The second kappa shape index (κ2) is 11.1. The van der Waals surface area contributed by atoms with Gasteiger partial charge < -0.3 is 9.84 Å². The summed E-state index contributed by atoms with van der Waals surface area (Å²) in [5.74, 6) is -0.554. The van der Waals surface area contributed by atoms with Gasteiger partial charge in [-0.2, -0.15) is 4.31 Å². The molecule has 0 bridgehead atoms. The van der Waals surface area contributed by atoms with Crippen LogP contribution in [0.4, 0.5) is 0 Å². The van der Waals surface area contributed by atoms with Crippen LogP contribution in [0.2, 0.25) is 0 Å². The monoisotopic (exact) mass is 541 g/mol. The van der Waals surface area contributed by atoms with Gasteiger partial charge in [-0.3, -0.25) is 0 Å². The number of aliphatic carboxylic acids is 1. The van der Waals surface area contributed by atoms with Gasteiger partial charge in [0.2, 0.25) is 10.0 Å². The van der Waals surface area contributed by atoms with Crippen LogP contribution in [0, 0.1) is 26.7 Å². The Labute approximate surface area is 228 Å². The minimum absolute atomic E-state index is 0.226. The maximum absolute atomic E-state index is 13.5. The average Bonchev–Trinajstić information content (AvgIpc) is 2.85. The van der Waals surface area contributed by atoms with Crippen molar-refractivity contribution < 1.29 is 23.1 Å². The molecular weight excluding hydrogens is 498 g/mol. The van der Waals surface area contributed by atoms with Crippen molar-refractivity contribution in [2.24, 2.45) is 5.92 Å². The second-order valence-corrected chi connectivity index (χ2v) is 14.2. The van der Waals surface area contributed by atoms with Crippen molar-refractivity contribution in [1.29, 1.82) is 0 Å². The Morgan fingerprint density at radius 1 is 1.03 bits per heavy atom. The lowest BCUT2D eigenvalue weighted by Crippen LogP contribution is -2.40. The van der Waals surface area contributed by atoms with E-state index in [0.717, 1.165) is 64.6 Å². The van der Waals surface area contributed by atoms with E-state index in [9.17, 15) is 18.3 Å². The first-order valence-corrected chi connectivity index (χ1v) is 15.5. The van der Waals surface area contributed by atoms with Crippen molar-refractivity contribution >= 4 is 16.0 Å². The van der Waals surface area contributed by atoms with E-state index in [1.54, 1.807) is 4.31 Å². The van der Waals surface area contributed by atoms with Gasteiger partial charge in [-0.15, -0.1) is 0 Å². The molecule has 1 N–H and O–H groups in total. The molecule has 1 saturated carbocycles. The highest BCUT2D eigenvalue weighted by molar-refractivity contribution is 7.89. The number of carboxylic acid groups (broad SMARTS) is 1. The normalized spacial score (nSPS) is 18.3. The zero-order valence-electron chi connectivity index (χ0n) is 23.8. The SMILES string of the molecule is Cc1ccc(-c2c(C)c3c(c(C)c2[C@H](OC(C)(C)C)C(=O)O)CCN(S(=O)(=O)CC2CCCCC2)C3)cc1. The highest BCUT2D eigenvalue weighted by atomic mass is 32.2. The molecule has 1 aliphatic heterocycles. The lowest BCUT2D eigenvalue weighted by molar-refractivity contribution is -0.160. The molecule has 4 rings (SSSR count). The van der Waals surface area contributed by atoms with Crippen molar-refractivity contribution in [3.8, 4) is 11.1 Å². The number of aryl methyl sites for hydroxylation is 1. The lowest BCUT2D eigenvalue weighted by Gasteiger charge is -2.35. The summed E-state index contributed by atoms with van der Waals surface area (Å²) in [4.78, 5) is 12.6. The van der Waals surface area contributed by atoms with Crippen LogP contribution in [0.3, 0.4) is 0 Å². The molecule has 0 spiro atoms. The Bertz CT molecular complexity index is 1290. The molecule has 0 radical (unpaired) electrons. The molecule has 1 fully saturated rings. The molecule has 2 aliphatic rings. The first-order valence-electron chi connectivity index (χ1n) is 13.9. The van der Waals surface area contributed by atoms with Gasteiger partial charge in [0.05, 0.1) is 11.4 Å². The largest absolute Gasteiger partial charge is 0.479 e. The summed E-state index contributed by atoms with van der Waals surface area (Å²) < 4.78 is 34.8. The van der Waals surface area contributed by atoms with Crippen LogP contribution in [-0.2, 0) is 32.5 Å². The van der Waals surface area contributed by atoms with E-state index >= 15 is 0 Å². The summed E-state index contributed by atoms with van der Waals surface area (Å²) in [5, 5.41) is 10.3. The van der Waals surface area contributed by atoms with Gasteiger partial charge in [0, 0.05) is 18.7 Å². The zero-order valence-corrected chi connectivity index (χ0v) is 24.6.